The number of hydrogen-bond donors (Lipinski definition) is 1. The first-order valence-electron chi connectivity index (χ1n) is 9.16. The molecular weight excluding hydrogens is 260 g/mol. The van der Waals surface area contributed by atoms with Crippen LogP contribution >= 0.6 is 0 Å². The van der Waals surface area contributed by atoms with Gasteiger partial charge in [0.05, 0.1) is 12.2 Å². The molecule has 0 aromatic heterocycles. The minimum atomic E-state index is 0.360. The molecule has 3 heteroatoms. The van der Waals surface area contributed by atoms with E-state index in [4.69, 9.17) is 4.74 Å². The van der Waals surface area contributed by atoms with Crippen LogP contribution in [0.3, 0.4) is 0 Å². The second kappa shape index (κ2) is 6.17. The second-order valence-electron chi connectivity index (χ2n) is 8.06. The van der Waals surface area contributed by atoms with Crippen LogP contribution in [0, 0.1) is 11.8 Å². The smallest absolute Gasteiger partial charge is 0.0706 e. The standard InChI is InChI=1S/C18H34N2O/c1-5-13(2)17-11-20(10-16-9-6-14(3)21-16)18(4,12-19-17)15-7-8-15/h13-17,19H,5-12H2,1-4H3. The van der Waals surface area contributed by atoms with Crippen LogP contribution < -0.4 is 5.32 Å². The molecule has 0 aromatic rings. The van der Waals surface area contributed by atoms with Crippen molar-refractivity contribution in [2.24, 2.45) is 11.8 Å². The normalized spacial score (nSPS) is 43.1. The van der Waals surface area contributed by atoms with E-state index in [0.29, 0.717) is 23.8 Å². The Morgan fingerprint density at radius 2 is 2.05 bits per heavy atom. The zero-order valence-electron chi connectivity index (χ0n) is 14.4. The van der Waals surface area contributed by atoms with Crippen molar-refractivity contribution in [3.63, 3.8) is 0 Å². The Morgan fingerprint density at radius 3 is 2.62 bits per heavy atom. The van der Waals surface area contributed by atoms with E-state index in [2.05, 4.69) is 37.9 Å². The number of nitrogens with zero attached hydrogens (tertiary/aromatic N) is 1. The molecule has 0 bridgehead atoms. The van der Waals surface area contributed by atoms with Crippen LogP contribution in [-0.4, -0.2) is 48.3 Å². The van der Waals surface area contributed by atoms with E-state index in [9.17, 15) is 0 Å². The zero-order chi connectivity index (χ0) is 15.0. The Balaban J connectivity index is 1.67. The molecule has 2 saturated heterocycles. The fourth-order valence-electron chi connectivity index (χ4n) is 4.28. The van der Waals surface area contributed by atoms with Gasteiger partial charge in [0.15, 0.2) is 0 Å². The van der Waals surface area contributed by atoms with Gasteiger partial charge in [-0.3, -0.25) is 4.90 Å². The Bertz CT molecular complexity index is 355. The summed E-state index contributed by atoms with van der Waals surface area (Å²) in [5.74, 6) is 1.67. The molecule has 1 aliphatic carbocycles. The van der Waals surface area contributed by atoms with Gasteiger partial charge < -0.3 is 10.1 Å². The Kier molecular flexibility index (Phi) is 4.63. The number of hydrogen-bond acceptors (Lipinski definition) is 3. The SMILES string of the molecule is CCC(C)C1CN(CC2CCC(C)O2)C(C)(C2CC2)CN1. The van der Waals surface area contributed by atoms with Gasteiger partial charge in [0, 0.05) is 31.2 Å². The third-order valence-corrected chi connectivity index (χ3v) is 6.39. The number of ether oxygens (including phenoxy) is 1. The first-order chi connectivity index (χ1) is 10.0. The lowest BCUT2D eigenvalue weighted by Crippen LogP contribution is -2.66. The van der Waals surface area contributed by atoms with E-state index >= 15 is 0 Å². The third kappa shape index (κ3) is 3.30. The van der Waals surface area contributed by atoms with Gasteiger partial charge >= 0.3 is 0 Å². The minimum Gasteiger partial charge on any atom is -0.374 e. The quantitative estimate of drug-likeness (QED) is 0.843. The average Bonchev–Trinajstić information content (AvgIpc) is 3.25. The van der Waals surface area contributed by atoms with Crippen molar-refractivity contribution in [3.05, 3.63) is 0 Å². The van der Waals surface area contributed by atoms with Crippen molar-refractivity contribution in [2.45, 2.75) is 83.6 Å². The molecule has 122 valence electrons. The lowest BCUT2D eigenvalue weighted by molar-refractivity contribution is -0.0303. The number of piperazine rings is 1. The summed E-state index contributed by atoms with van der Waals surface area (Å²) in [7, 11) is 0. The summed E-state index contributed by atoms with van der Waals surface area (Å²) in [6.07, 6.45) is 7.54. The van der Waals surface area contributed by atoms with Crippen LogP contribution in [0.5, 0.6) is 0 Å². The van der Waals surface area contributed by atoms with E-state index in [1.54, 1.807) is 0 Å². The highest BCUT2D eigenvalue weighted by molar-refractivity contribution is 5.06. The van der Waals surface area contributed by atoms with Crippen molar-refractivity contribution in [1.82, 2.24) is 10.2 Å². The van der Waals surface area contributed by atoms with E-state index < -0.39 is 0 Å². The topological polar surface area (TPSA) is 24.5 Å². The van der Waals surface area contributed by atoms with Crippen molar-refractivity contribution in [3.8, 4) is 0 Å². The maximum atomic E-state index is 6.12. The van der Waals surface area contributed by atoms with Gasteiger partial charge in [-0.25, -0.2) is 0 Å². The zero-order valence-corrected chi connectivity index (χ0v) is 14.4. The molecule has 0 amide bonds. The summed E-state index contributed by atoms with van der Waals surface area (Å²) < 4.78 is 6.12. The monoisotopic (exact) mass is 294 g/mol. The van der Waals surface area contributed by atoms with Crippen LogP contribution in [0.1, 0.15) is 59.8 Å². The molecule has 21 heavy (non-hydrogen) atoms. The fourth-order valence-corrected chi connectivity index (χ4v) is 4.28. The maximum Gasteiger partial charge on any atom is 0.0706 e. The van der Waals surface area contributed by atoms with Crippen LogP contribution in [0.25, 0.3) is 0 Å². The molecule has 3 fully saturated rings. The maximum absolute atomic E-state index is 6.12. The Hall–Kier alpha value is -0.120. The summed E-state index contributed by atoms with van der Waals surface area (Å²) >= 11 is 0. The van der Waals surface area contributed by atoms with Crippen LogP contribution in [0.4, 0.5) is 0 Å². The largest absolute Gasteiger partial charge is 0.374 e. The summed E-state index contributed by atoms with van der Waals surface area (Å²) in [6.45, 7) is 12.9. The van der Waals surface area contributed by atoms with E-state index in [1.165, 1.54) is 38.6 Å². The molecule has 3 aliphatic rings. The Morgan fingerprint density at radius 1 is 1.29 bits per heavy atom. The van der Waals surface area contributed by atoms with Gasteiger partial charge in [0.1, 0.15) is 0 Å². The molecule has 5 atom stereocenters. The second-order valence-corrected chi connectivity index (χ2v) is 8.06. The first kappa shape index (κ1) is 15.8. The molecule has 3 nitrogen and oxygen atoms in total. The van der Waals surface area contributed by atoms with Crippen LogP contribution in [0.15, 0.2) is 0 Å². The third-order valence-electron chi connectivity index (χ3n) is 6.39. The van der Waals surface area contributed by atoms with Gasteiger partial charge in [0.2, 0.25) is 0 Å². The van der Waals surface area contributed by atoms with E-state index in [0.717, 1.165) is 24.9 Å². The molecule has 3 rings (SSSR count). The lowest BCUT2D eigenvalue weighted by Gasteiger charge is -2.50. The predicted octanol–water partition coefficient (Wildman–Crippen LogP) is 3.04. The highest BCUT2D eigenvalue weighted by Crippen LogP contribution is 2.44. The van der Waals surface area contributed by atoms with Gasteiger partial charge in [-0.1, -0.05) is 20.3 Å². The van der Waals surface area contributed by atoms with Crippen LogP contribution in [0.2, 0.25) is 0 Å². The molecule has 5 unspecified atom stereocenters. The molecule has 1 N–H and O–H groups in total. The summed E-state index contributed by atoms with van der Waals surface area (Å²) in [5.41, 5.74) is 0.360. The van der Waals surface area contributed by atoms with Crippen molar-refractivity contribution < 1.29 is 4.74 Å². The molecule has 0 aromatic carbocycles. The lowest BCUT2D eigenvalue weighted by atomic mass is 9.86. The number of nitrogens with one attached hydrogen (secondary N) is 1. The van der Waals surface area contributed by atoms with E-state index in [-0.39, 0.29) is 0 Å². The Labute approximate surface area is 130 Å². The molecule has 2 heterocycles. The van der Waals surface area contributed by atoms with E-state index in [1.807, 2.05) is 0 Å². The van der Waals surface area contributed by atoms with Crippen molar-refractivity contribution >= 4 is 0 Å². The molecule has 2 aliphatic heterocycles. The predicted molar refractivity (Wildman–Crippen MR) is 87.5 cm³/mol. The van der Waals surface area contributed by atoms with Gasteiger partial charge in [-0.05, 0) is 51.4 Å². The first-order valence-corrected chi connectivity index (χ1v) is 9.16. The van der Waals surface area contributed by atoms with Crippen molar-refractivity contribution in [2.75, 3.05) is 19.6 Å². The molecule has 0 radical (unpaired) electrons. The van der Waals surface area contributed by atoms with Gasteiger partial charge in [-0.15, -0.1) is 0 Å². The molecule has 0 spiro atoms. The summed E-state index contributed by atoms with van der Waals surface area (Å²) in [6, 6.07) is 0.653. The summed E-state index contributed by atoms with van der Waals surface area (Å²) in [4.78, 5) is 2.79. The highest BCUT2D eigenvalue weighted by atomic mass is 16.5. The molecular formula is C18H34N2O. The average molecular weight is 294 g/mol. The highest BCUT2D eigenvalue weighted by Gasteiger charge is 2.49. The van der Waals surface area contributed by atoms with Crippen LogP contribution in [-0.2, 0) is 4.74 Å². The van der Waals surface area contributed by atoms with Gasteiger partial charge in [0.25, 0.3) is 0 Å². The van der Waals surface area contributed by atoms with Gasteiger partial charge in [-0.2, -0.15) is 0 Å². The summed E-state index contributed by atoms with van der Waals surface area (Å²) in [5, 5.41) is 3.86. The number of rotatable bonds is 5. The minimum absolute atomic E-state index is 0.360. The fraction of sp³-hybridized carbons (Fsp3) is 1.00. The molecule has 1 saturated carbocycles. The van der Waals surface area contributed by atoms with Crippen molar-refractivity contribution in [1.29, 1.82) is 0 Å².